The van der Waals surface area contributed by atoms with Gasteiger partial charge in [0.25, 0.3) is 0 Å². The average molecular weight is 521 g/mol. The first-order valence-electron chi connectivity index (χ1n) is 10.5. The van der Waals surface area contributed by atoms with Gasteiger partial charge in [-0.2, -0.15) is 0 Å². The molecule has 0 aromatic heterocycles. The number of halogens is 2. The highest BCUT2D eigenvalue weighted by Gasteiger charge is 2.15. The van der Waals surface area contributed by atoms with E-state index in [0.29, 0.717) is 21.2 Å². The van der Waals surface area contributed by atoms with Crippen molar-refractivity contribution >= 4 is 47.1 Å². The topological polar surface area (TPSA) is 86.7 Å². The first-order valence-corrected chi connectivity index (χ1v) is 11.2. The normalized spacial score (nSPS) is 9.83. The Morgan fingerprint density at radius 2 is 0.806 bits per heavy atom. The van der Waals surface area contributed by atoms with Gasteiger partial charge in [-0.05, 0) is 66.7 Å². The molecule has 0 N–H and O–H groups in total. The van der Waals surface area contributed by atoms with Crippen LogP contribution in [0.25, 0.3) is 0 Å². The van der Waals surface area contributed by atoms with Crippen molar-refractivity contribution in [3.05, 3.63) is 141 Å². The van der Waals surface area contributed by atoms with Crippen molar-refractivity contribution < 1.29 is 28.7 Å². The summed E-state index contributed by atoms with van der Waals surface area (Å²) >= 11 is 11.4. The molecule has 180 valence electrons. The molecular weight excluding hydrogens is 503 g/mol. The Morgan fingerprint density at radius 3 is 1.25 bits per heavy atom. The maximum atomic E-state index is 11.7. The second kappa shape index (κ2) is 13.0. The first kappa shape index (κ1) is 26.3. The lowest BCUT2D eigenvalue weighted by atomic mass is 10.2. The number of benzene rings is 4. The lowest BCUT2D eigenvalue weighted by Crippen LogP contribution is -2.12. The van der Waals surface area contributed by atoms with Crippen LogP contribution in [0.3, 0.4) is 0 Å². The van der Waals surface area contributed by atoms with Crippen LogP contribution in [0.4, 0.5) is 0 Å². The Labute approximate surface area is 217 Å². The van der Waals surface area contributed by atoms with Crippen LogP contribution < -0.4 is 0 Å². The summed E-state index contributed by atoms with van der Waals surface area (Å²) in [5.74, 6) is -2.76. The second-order valence-electron chi connectivity index (χ2n) is 7.10. The van der Waals surface area contributed by atoms with E-state index in [1.54, 1.807) is 84.9 Å². The molecule has 0 radical (unpaired) electrons. The van der Waals surface area contributed by atoms with Crippen LogP contribution in [0.15, 0.2) is 109 Å². The fraction of sp³-hybridized carbons (Fsp3) is 0. The van der Waals surface area contributed by atoms with E-state index < -0.39 is 23.9 Å². The molecule has 8 heteroatoms. The van der Waals surface area contributed by atoms with Crippen LogP contribution in [0, 0.1) is 0 Å². The minimum atomic E-state index is -0.716. The van der Waals surface area contributed by atoms with E-state index in [0.717, 1.165) is 0 Å². The summed E-state index contributed by atoms with van der Waals surface area (Å²) in [4.78, 5) is 46.6. The van der Waals surface area contributed by atoms with Gasteiger partial charge in [0.1, 0.15) is 0 Å². The summed E-state index contributed by atoms with van der Waals surface area (Å²) in [5.41, 5.74) is 1.18. The van der Waals surface area contributed by atoms with Crippen molar-refractivity contribution in [1.82, 2.24) is 0 Å². The predicted octanol–water partition coefficient (Wildman–Crippen LogP) is 6.67. The number of esters is 4. The fourth-order valence-electron chi connectivity index (χ4n) is 2.75. The minimum Gasteiger partial charge on any atom is -0.386 e. The lowest BCUT2D eigenvalue weighted by molar-refractivity contribution is 0.0380. The summed E-state index contributed by atoms with van der Waals surface area (Å²) in [7, 11) is 0. The maximum absolute atomic E-state index is 11.7. The van der Waals surface area contributed by atoms with Crippen molar-refractivity contribution in [2.75, 3.05) is 0 Å². The van der Waals surface area contributed by atoms with Crippen LogP contribution in [-0.4, -0.2) is 23.9 Å². The standard InChI is InChI=1S/2C14H9ClO3/c15-12-8-4-7-11(9-12)14(17)18-13(16)10-5-2-1-3-6-10;15-12-8-6-11(7-9-12)14(17)18-13(16)10-4-2-1-3-5-10/h2*1-9H. The molecule has 4 rings (SSSR count). The van der Waals surface area contributed by atoms with E-state index in [4.69, 9.17) is 32.7 Å². The van der Waals surface area contributed by atoms with E-state index in [1.165, 1.54) is 24.3 Å². The molecule has 0 fully saturated rings. The van der Waals surface area contributed by atoms with Gasteiger partial charge in [-0.1, -0.05) is 65.7 Å². The third-order valence-electron chi connectivity index (χ3n) is 4.53. The quantitative estimate of drug-likeness (QED) is 0.220. The van der Waals surface area contributed by atoms with Gasteiger partial charge in [0.05, 0.1) is 22.3 Å². The number of hydrogen-bond donors (Lipinski definition) is 0. The average Bonchev–Trinajstić information content (AvgIpc) is 2.90. The van der Waals surface area contributed by atoms with Gasteiger partial charge in [0.2, 0.25) is 0 Å². The molecule has 36 heavy (non-hydrogen) atoms. The smallest absolute Gasteiger partial charge is 0.346 e. The highest BCUT2D eigenvalue weighted by molar-refractivity contribution is 6.31. The van der Waals surface area contributed by atoms with Crippen molar-refractivity contribution in [3.63, 3.8) is 0 Å². The summed E-state index contributed by atoms with van der Waals surface area (Å²) in [6, 6.07) is 29.0. The zero-order valence-electron chi connectivity index (χ0n) is 18.6. The molecule has 0 aliphatic carbocycles. The summed E-state index contributed by atoms with van der Waals surface area (Å²) in [5, 5.41) is 0.928. The molecule has 4 aromatic rings. The van der Waals surface area contributed by atoms with Crippen molar-refractivity contribution in [2.45, 2.75) is 0 Å². The molecule has 0 aliphatic rings. The second-order valence-corrected chi connectivity index (χ2v) is 7.98. The predicted molar refractivity (Wildman–Crippen MR) is 135 cm³/mol. The van der Waals surface area contributed by atoms with E-state index in [2.05, 4.69) is 0 Å². The van der Waals surface area contributed by atoms with Gasteiger partial charge < -0.3 is 9.47 Å². The molecule has 0 spiro atoms. The van der Waals surface area contributed by atoms with E-state index >= 15 is 0 Å². The minimum absolute atomic E-state index is 0.242. The Hall–Kier alpha value is -4.26. The molecule has 6 nitrogen and oxygen atoms in total. The van der Waals surface area contributed by atoms with Gasteiger partial charge in [-0.15, -0.1) is 0 Å². The summed E-state index contributed by atoms with van der Waals surface area (Å²) in [6.45, 7) is 0. The molecule has 4 aromatic carbocycles. The third kappa shape index (κ3) is 7.91. The first-order chi connectivity index (χ1) is 17.3. The van der Waals surface area contributed by atoms with Gasteiger partial charge in [-0.25, -0.2) is 19.2 Å². The third-order valence-corrected chi connectivity index (χ3v) is 5.02. The molecule has 0 amide bonds. The Morgan fingerprint density at radius 1 is 0.417 bits per heavy atom. The monoisotopic (exact) mass is 520 g/mol. The Bertz CT molecular complexity index is 1350. The summed E-state index contributed by atoms with van der Waals surface area (Å²) in [6.07, 6.45) is 0. The zero-order chi connectivity index (χ0) is 25.9. The number of ether oxygens (including phenoxy) is 2. The molecule has 0 saturated carbocycles. The maximum Gasteiger partial charge on any atom is 0.346 e. The molecule has 0 atom stereocenters. The van der Waals surface area contributed by atoms with Crippen LogP contribution in [0.2, 0.25) is 10.0 Å². The number of carbonyl (C=O) groups excluding carboxylic acids is 4. The Balaban J connectivity index is 0.000000201. The van der Waals surface area contributed by atoms with Gasteiger partial charge in [0, 0.05) is 10.0 Å². The van der Waals surface area contributed by atoms with Gasteiger partial charge >= 0.3 is 23.9 Å². The number of hydrogen-bond acceptors (Lipinski definition) is 6. The van der Waals surface area contributed by atoms with E-state index in [1.807, 2.05) is 0 Å². The highest BCUT2D eigenvalue weighted by Crippen LogP contribution is 2.13. The van der Waals surface area contributed by atoms with Gasteiger partial charge in [-0.3, -0.25) is 0 Å². The summed E-state index contributed by atoms with van der Waals surface area (Å²) < 4.78 is 9.48. The van der Waals surface area contributed by atoms with Gasteiger partial charge in [0.15, 0.2) is 0 Å². The molecular formula is C28H18Cl2O6. The molecule has 0 heterocycles. The Kier molecular flexibility index (Phi) is 9.51. The molecule has 0 saturated heterocycles. The lowest BCUT2D eigenvalue weighted by Gasteiger charge is -2.03. The van der Waals surface area contributed by atoms with E-state index in [9.17, 15) is 19.2 Å². The number of carbonyl (C=O) groups is 4. The highest BCUT2D eigenvalue weighted by atomic mass is 35.5. The van der Waals surface area contributed by atoms with Crippen molar-refractivity contribution in [2.24, 2.45) is 0 Å². The van der Waals surface area contributed by atoms with Crippen LogP contribution in [-0.2, 0) is 9.47 Å². The van der Waals surface area contributed by atoms with E-state index in [-0.39, 0.29) is 11.1 Å². The largest absolute Gasteiger partial charge is 0.386 e. The molecule has 0 aliphatic heterocycles. The molecule has 0 bridgehead atoms. The molecule has 0 unspecified atom stereocenters. The zero-order valence-corrected chi connectivity index (χ0v) is 20.1. The van der Waals surface area contributed by atoms with Crippen LogP contribution in [0.5, 0.6) is 0 Å². The SMILES string of the molecule is O=C(OC(=O)c1ccc(Cl)cc1)c1ccccc1.O=C(OC(=O)c1cccc(Cl)c1)c1ccccc1. The van der Waals surface area contributed by atoms with Crippen molar-refractivity contribution in [3.8, 4) is 0 Å². The van der Waals surface area contributed by atoms with Crippen LogP contribution in [0.1, 0.15) is 41.4 Å². The van der Waals surface area contributed by atoms with Crippen LogP contribution >= 0.6 is 23.2 Å². The number of rotatable bonds is 4. The fourth-order valence-corrected chi connectivity index (χ4v) is 3.07. The van der Waals surface area contributed by atoms with Crippen molar-refractivity contribution in [1.29, 1.82) is 0 Å².